The molecule has 356 valence electrons. The fourth-order valence-corrected chi connectivity index (χ4v) is 13.0. The zero-order chi connectivity index (χ0) is 47.2. The monoisotopic (exact) mass is 937 g/mol. The third-order valence-electron chi connectivity index (χ3n) is 16.8. The second kappa shape index (κ2) is 19.2. The van der Waals surface area contributed by atoms with Crippen LogP contribution in [0.15, 0.2) is 77.5 Å². The number of halogens is 1. The van der Waals surface area contributed by atoms with E-state index in [9.17, 15) is 24.4 Å². The van der Waals surface area contributed by atoms with Gasteiger partial charge in [-0.25, -0.2) is 9.97 Å². The van der Waals surface area contributed by atoms with Crippen molar-refractivity contribution < 1.29 is 23.9 Å². The van der Waals surface area contributed by atoms with Crippen LogP contribution in [0.3, 0.4) is 0 Å². The Morgan fingerprint density at radius 2 is 1.69 bits per heavy atom. The lowest BCUT2D eigenvalue weighted by Crippen LogP contribution is -2.59. The second-order valence-corrected chi connectivity index (χ2v) is 22.1. The molecule has 3 saturated heterocycles. The van der Waals surface area contributed by atoms with Crippen molar-refractivity contribution in [1.29, 1.82) is 5.26 Å². The maximum atomic E-state index is 13.4. The first-order valence-corrected chi connectivity index (χ1v) is 25.6. The maximum absolute atomic E-state index is 13.4. The fourth-order valence-electron chi connectivity index (χ4n) is 12.7. The summed E-state index contributed by atoms with van der Waals surface area (Å²) in [6, 6.07) is 17.9. The normalized spacial score (nSPS) is 28.1. The van der Waals surface area contributed by atoms with Gasteiger partial charge >= 0.3 is 0 Å². The molecule has 2 saturated carbocycles. The fraction of sp³-hybridized carbons (Fsp3) is 0.545. The summed E-state index contributed by atoms with van der Waals surface area (Å²) in [6.07, 6.45) is 21.3. The minimum Gasteiger partial charge on any atom is -0.487 e. The summed E-state index contributed by atoms with van der Waals surface area (Å²) in [4.78, 5) is 66.6. The van der Waals surface area contributed by atoms with Crippen molar-refractivity contribution in [3.63, 3.8) is 0 Å². The van der Waals surface area contributed by atoms with Gasteiger partial charge in [0.2, 0.25) is 17.8 Å². The number of carbonyl (C=O) groups excluding carboxylic acids is 4. The molecule has 13 heteroatoms. The Balaban J connectivity index is 0.641. The number of fused-ring (bicyclic) bond motifs is 1. The first-order valence-electron chi connectivity index (χ1n) is 25.2. The predicted octanol–water partition coefficient (Wildman–Crippen LogP) is 9.23. The van der Waals surface area contributed by atoms with Crippen molar-refractivity contribution in [2.75, 3.05) is 31.1 Å². The van der Waals surface area contributed by atoms with E-state index in [1.54, 1.807) is 6.07 Å². The summed E-state index contributed by atoms with van der Waals surface area (Å²) in [5, 5.41) is 12.4. The van der Waals surface area contributed by atoms with Crippen LogP contribution in [0.2, 0.25) is 0 Å². The minimum absolute atomic E-state index is 0.117. The van der Waals surface area contributed by atoms with Crippen LogP contribution in [0.5, 0.6) is 5.75 Å². The highest BCUT2D eigenvalue weighted by molar-refractivity contribution is 6.31. The molecule has 7 aliphatic rings. The van der Waals surface area contributed by atoms with E-state index < -0.39 is 23.8 Å². The minimum atomic E-state index is -0.939. The van der Waals surface area contributed by atoms with E-state index in [-0.39, 0.29) is 30.1 Å². The van der Waals surface area contributed by atoms with Crippen LogP contribution < -0.4 is 15.0 Å². The van der Waals surface area contributed by atoms with E-state index in [1.165, 1.54) is 77.3 Å². The Kier molecular flexibility index (Phi) is 13.1. The number of anilines is 1. The highest BCUT2D eigenvalue weighted by Crippen LogP contribution is 2.54. The highest BCUT2D eigenvalue weighted by Gasteiger charge is 2.49. The Bertz CT molecular complexity index is 2550. The van der Waals surface area contributed by atoms with Gasteiger partial charge in [-0.15, -0.1) is 0 Å². The van der Waals surface area contributed by atoms with Crippen molar-refractivity contribution >= 4 is 41.2 Å². The van der Waals surface area contributed by atoms with Crippen molar-refractivity contribution in [3.8, 4) is 11.8 Å². The van der Waals surface area contributed by atoms with Gasteiger partial charge in [0, 0.05) is 55.3 Å². The molecule has 4 unspecified atom stereocenters. The summed E-state index contributed by atoms with van der Waals surface area (Å²) in [6.45, 7) is 9.16. The number of rotatable bonds is 12. The van der Waals surface area contributed by atoms with Gasteiger partial charge in [0.25, 0.3) is 11.8 Å². The third kappa shape index (κ3) is 9.63. The number of amides is 4. The topological polar surface area (TPSA) is 149 Å². The molecular formula is C55H64ClN7O5. The summed E-state index contributed by atoms with van der Waals surface area (Å²) in [7, 11) is 0. The zero-order valence-electron chi connectivity index (χ0n) is 39.6. The number of nitriles is 1. The van der Waals surface area contributed by atoms with Gasteiger partial charge in [-0.3, -0.25) is 34.3 Å². The van der Waals surface area contributed by atoms with Gasteiger partial charge in [-0.2, -0.15) is 5.26 Å². The number of hydrogen-bond donors (Lipinski definition) is 1. The smallest absolute Gasteiger partial charge is 0.262 e. The zero-order valence-corrected chi connectivity index (χ0v) is 40.3. The molecule has 5 heterocycles. The van der Waals surface area contributed by atoms with E-state index in [1.807, 2.05) is 48.7 Å². The first kappa shape index (κ1) is 46.4. The van der Waals surface area contributed by atoms with Crippen LogP contribution in [0.25, 0.3) is 0 Å². The molecule has 1 aromatic heterocycles. The van der Waals surface area contributed by atoms with Crippen molar-refractivity contribution in [2.24, 2.45) is 29.1 Å². The standard InChI is InChI=1S/C55H64ClN7O5/c1-54(2,41-25-38(31-57)26-42(56)28-41)40-8-10-45(11-9-40)68-34-43-16-20-58-53(59-43)61-21-4-6-36(17-22-61)24-39-32-62(33-39)44-29-55(30-44)18-3-5-35(15-19-55)23-37-7-12-46-47(27-37)52(67)63(51(46)66)48-13-14-49(64)60-50(48)65/h7-12,16,20,26-28,35-36,38-39,44,48H,3-6,13-15,17-19,21-25,29-30,32-34H2,1-2H3,(H,60,64,65). The van der Waals surface area contributed by atoms with Crippen LogP contribution in [0.4, 0.5) is 5.95 Å². The molecule has 4 atom stereocenters. The summed E-state index contributed by atoms with van der Waals surface area (Å²) in [5.74, 6) is 1.64. The van der Waals surface area contributed by atoms with Gasteiger partial charge < -0.3 is 9.64 Å². The summed E-state index contributed by atoms with van der Waals surface area (Å²) >= 11 is 6.37. The van der Waals surface area contributed by atoms with E-state index in [4.69, 9.17) is 26.3 Å². The Morgan fingerprint density at radius 3 is 2.49 bits per heavy atom. The van der Waals surface area contributed by atoms with E-state index >= 15 is 0 Å². The number of likely N-dealkylation sites (tertiary alicyclic amines) is 1. The lowest BCUT2D eigenvalue weighted by Gasteiger charge is -2.57. The SMILES string of the molecule is CC(C)(C1=CC(Cl)=CC(C#N)C1)c1ccc(OCc2ccnc(N3CCCC(CC4CN(C5CC6(CCCC(Cc7ccc8c(c7)C(=O)N(C7CCC(=O)NC7=O)C8=O)CC6)C5)C4)CC3)n2)cc1. The molecule has 3 aromatic rings. The van der Waals surface area contributed by atoms with Gasteiger partial charge in [0.05, 0.1) is 28.8 Å². The average Bonchev–Trinajstić information content (AvgIpc) is 3.53. The van der Waals surface area contributed by atoms with E-state index in [2.05, 4.69) is 47.2 Å². The number of hydrogen-bond acceptors (Lipinski definition) is 10. The molecule has 2 aromatic carbocycles. The molecule has 0 radical (unpaired) electrons. The number of benzene rings is 2. The van der Waals surface area contributed by atoms with Crippen LogP contribution in [-0.4, -0.2) is 81.7 Å². The van der Waals surface area contributed by atoms with Crippen molar-refractivity contribution in [2.45, 2.75) is 134 Å². The molecule has 68 heavy (non-hydrogen) atoms. The number of piperidine rings is 1. The van der Waals surface area contributed by atoms with Gasteiger partial charge in [0.15, 0.2) is 0 Å². The first-order chi connectivity index (χ1) is 32.8. The Labute approximate surface area is 405 Å². The lowest BCUT2D eigenvalue weighted by molar-refractivity contribution is -0.136. The molecule has 0 bridgehead atoms. The molecule has 5 fully saturated rings. The lowest BCUT2D eigenvalue weighted by atomic mass is 9.60. The number of aromatic nitrogens is 2. The molecule has 10 rings (SSSR count). The number of ether oxygens (including phenoxy) is 1. The molecule has 1 N–H and O–H groups in total. The predicted molar refractivity (Wildman–Crippen MR) is 260 cm³/mol. The third-order valence-corrected chi connectivity index (χ3v) is 17.0. The van der Waals surface area contributed by atoms with Crippen molar-refractivity contribution in [3.05, 3.63) is 105 Å². The van der Waals surface area contributed by atoms with Gasteiger partial charge in [-0.05, 0) is 154 Å². The van der Waals surface area contributed by atoms with Crippen LogP contribution in [0.1, 0.15) is 141 Å². The molecule has 12 nitrogen and oxygen atoms in total. The number of nitrogens with one attached hydrogen (secondary N) is 1. The van der Waals surface area contributed by atoms with E-state index in [0.29, 0.717) is 40.5 Å². The van der Waals surface area contributed by atoms with E-state index in [0.717, 1.165) is 82.8 Å². The number of carbonyl (C=O) groups is 4. The number of allylic oxidation sites excluding steroid dienone is 4. The molecular weight excluding hydrogens is 874 g/mol. The number of imide groups is 2. The summed E-state index contributed by atoms with van der Waals surface area (Å²) in [5.41, 5.74) is 5.18. The van der Waals surface area contributed by atoms with Gasteiger partial charge in [0.1, 0.15) is 18.4 Å². The average molecular weight is 939 g/mol. The van der Waals surface area contributed by atoms with Gasteiger partial charge in [-0.1, -0.05) is 62.1 Å². The molecule has 1 spiro atoms. The van der Waals surface area contributed by atoms with Crippen LogP contribution in [-0.2, 0) is 28.0 Å². The maximum Gasteiger partial charge on any atom is 0.262 e. The van der Waals surface area contributed by atoms with Crippen LogP contribution >= 0.6 is 11.6 Å². The van der Waals surface area contributed by atoms with Crippen molar-refractivity contribution in [1.82, 2.24) is 25.1 Å². The largest absolute Gasteiger partial charge is 0.487 e. The summed E-state index contributed by atoms with van der Waals surface area (Å²) < 4.78 is 6.21. The highest BCUT2D eigenvalue weighted by atomic mass is 35.5. The molecule has 4 amide bonds. The quantitative estimate of drug-likeness (QED) is 0.174. The number of nitrogens with zero attached hydrogens (tertiary/aromatic N) is 6. The second-order valence-electron chi connectivity index (χ2n) is 21.7. The molecule has 3 aliphatic carbocycles. The Hall–Kier alpha value is -5.38. The van der Waals surface area contributed by atoms with Crippen LogP contribution in [0, 0.1) is 40.4 Å². The Morgan fingerprint density at radius 1 is 0.897 bits per heavy atom. The molecule has 4 aliphatic heterocycles.